The van der Waals surface area contributed by atoms with E-state index in [9.17, 15) is 13.5 Å². The largest absolute Gasteiger partial charge is 0.391 e. The zero-order chi connectivity index (χ0) is 16.1. The Balaban J connectivity index is 0.00000441. The van der Waals surface area contributed by atoms with Gasteiger partial charge in [0.2, 0.25) is 0 Å². The van der Waals surface area contributed by atoms with Crippen molar-refractivity contribution in [3.63, 3.8) is 0 Å². The van der Waals surface area contributed by atoms with Gasteiger partial charge < -0.3 is 15.3 Å². The molecule has 1 saturated heterocycles. The Morgan fingerprint density at radius 3 is 2.55 bits per heavy atom. The first kappa shape index (κ1) is 21.9. The highest BCUT2D eigenvalue weighted by Crippen LogP contribution is 2.22. The second-order valence-electron chi connectivity index (χ2n) is 6.60. The van der Waals surface area contributed by atoms with Crippen LogP contribution < -0.4 is 5.32 Å². The molecule has 1 aliphatic heterocycles. The van der Waals surface area contributed by atoms with Gasteiger partial charge in [0.1, 0.15) is 9.84 Å². The van der Waals surface area contributed by atoms with E-state index in [-0.39, 0.29) is 41.2 Å². The Morgan fingerprint density at radius 1 is 1.45 bits per heavy atom. The Labute approximate surface area is 151 Å². The third kappa shape index (κ3) is 8.52. The van der Waals surface area contributed by atoms with E-state index in [1.54, 1.807) is 0 Å². The van der Waals surface area contributed by atoms with Crippen LogP contribution in [0.3, 0.4) is 0 Å². The van der Waals surface area contributed by atoms with Crippen molar-refractivity contribution >= 4 is 39.8 Å². The van der Waals surface area contributed by atoms with E-state index in [0.717, 1.165) is 25.5 Å². The minimum atomic E-state index is -2.94. The van der Waals surface area contributed by atoms with Crippen LogP contribution in [-0.4, -0.2) is 68.7 Å². The van der Waals surface area contributed by atoms with Crippen LogP contribution in [0.1, 0.15) is 33.6 Å². The van der Waals surface area contributed by atoms with Crippen molar-refractivity contribution in [3.8, 4) is 0 Å². The van der Waals surface area contributed by atoms with E-state index in [4.69, 9.17) is 0 Å². The SMILES string of the molecule is CCNC(=NCC(C)(C)CCS(C)(=O)=O)N1CC[C@@H](O)C1.I. The van der Waals surface area contributed by atoms with Gasteiger partial charge in [-0.2, -0.15) is 0 Å². The number of halogens is 1. The molecule has 0 saturated carbocycles. The van der Waals surface area contributed by atoms with Crippen molar-refractivity contribution in [2.24, 2.45) is 10.4 Å². The smallest absolute Gasteiger partial charge is 0.194 e. The predicted octanol–water partition coefficient (Wildman–Crippen LogP) is 1.10. The second-order valence-corrected chi connectivity index (χ2v) is 8.86. The van der Waals surface area contributed by atoms with Gasteiger partial charge in [0.05, 0.1) is 11.9 Å². The van der Waals surface area contributed by atoms with Gasteiger partial charge in [-0.25, -0.2) is 8.42 Å². The van der Waals surface area contributed by atoms with Crippen LogP contribution >= 0.6 is 24.0 Å². The van der Waals surface area contributed by atoms with E-state index >= 15 is 0 Å². The van der Waals surface area contributed by atoms with Gasteiger partial charge in [0.15, 0.2) is 5.96 Å². The molecule has 1 atom stereocenters. The summed E-state index contributed by atoms with van der Waals surface area (Å²) in [5, 5.41) is 12.9. The summed E-state index contributed by atoms with van der Waals surface area (Å²) < 4.78 is 22.6. The summed E-state index contributed by atoms with van der Waals surface area (Å²) in [4.78, 5) is 6.68. The molecule has 132 valence electrons. The van der Waals surface area contributed by atoms with Crippen molar-refractivity contribution in [2.75, 3.05) is 38.2 Å². The topological polar surface area (TPSA) is 82.0 Å². The summed E-state index contributed by atoms with van der Waals surface area (Å²) in [6, 6.07) is 0. The van der Waals surface area contributed by atoms with Crippen LogP contribution in [0.25, 0.3) is 0 Å². The zero-order valence-electron chi connectivity index (χ0n) is 14.0. The predicted molar refractivity (Wildman–Crippen MR) is 102 cm³/mol. The number of aliphatic hydroxyl groups is 1. The number of hydrogen-bond donors (Lipinski definition) is 2. The molecule has 1 rings (SSSR count). The highest BCUT2D eigenvalue weighted by Gasteiger charge is 2.24. The second kappa shape index (κ2) is 9.27. The summed E-state index contributed by atoms with van der Waals surface area (Å²) in [6.45, 7) is 8.82. The molecule has 0 aliphatic carbocycles. The minimum Gasteiger partial charge on any atom is -0.391 e. The monoisotopic (exact) mass is 447 g/mol. The standard InChI is InChI=1S/C14H29N3O3S.HI/c1-5-15-13(17-8-6-12(18)10-17)16-11-14(2,3)7-9-21(4,19)20;/h12,18H,5-11H2,1-4H3,(H,15,16);1H/t12-;/m1./s1. The molecular weight excluding hydrogens is 417 g/mol. The minimum absolute atomic E-state index is 0. The Kier molecular flexibility index (Phi) is 9.23. The lowest BCUT2D eigenvalue weighted by Gasteiger charge is -2.25. The average Bonchev–Trinajstić information content (AvgIpc) is 2.78. The fraction of sp³-hybridized carbons (Fsp3) is 0.929. The summed E-state index contributed by atoms with van der Waals surface area (Å²) >= 11 is 0. The molecule has 1 aliphatic rings. The number of nitrogens with zero attached hydrogens (tertiary/aromatic N) is 2. The van der Waals surface area contributed by atoms with Gasteiger partial charge in [0.25, 0.3) is 0 Å². The number of aliphatic imine (C=N–C) groups is 1. The number of guanidine groups is 1. The molecule has 6 nitrogen and oxygen atoms in total. The van der Waals surface area contributed by atoms with Gasteiger partial charge in [-0.1, -0.05) is 13.8 Å². The molecule has 0 aromatic carbocycles. The van der Waals surface area contributed by atoms with E-state index in [2.05, 4.69) is 15.2 Å². The number of β-amino-alcohol motifs (C(OH)–C–C–N with tert-alkyl or cyclic N) is 1. The quantitative estimate of drug-likeness (QED) is 0.362. The van der Waals surface area contributed by atoms with Crippen molar-refractivity contribution < 1.29 is 13.5 Å². The Hall–Kier alpha value is -0.0900. The van der Waals surface area contributed by atoms with E-state index in [1.165, 1.54) is 6.26 Å². The number of nitrogens with one attached hydrogen (secondary N) is 1. The van der Waals surface area contributed by atoms with Gasteiger partial charge in [0, 0.05) is 32.4 Å². The van der Waals surface area contributed by atoms with Crippen molar-refractivity contribution in [1.29, 1.82) is 0 Å². The van der Waals surface area contributed by atoms with Crippen molar-refractivity contribution in [1.82, 2.24) is 10.2 Å². The first-order chi connectivity index (χ1) is 9.63. The molecule has 22 heavy (non-hydrogen) atoms. The van der Waals surface area contributed by atoms with Crippen LogP contribution in [0.2, 0.25) is 0 Å². The lowest BCUT2D eigenvalue weighted by Crippen LogP contribution is -2.41. The summed E-state index contributed by atoms with van der Waals surface area (Å²) in [5.74, 6) is 0.996. The third-order valence-electron chi connectivity index (χ3n) is 3.60. The maximum atomic E-state index is 11.3. The number of aliphatic hydroxyl groups excluding tert-OH is 1. The number of likely N-dealkylation sites (tertiary alicyclic amines) is 1. The van der Waals surface area contributed by atoms with Gasteiger partial charge >= 0.3 is 0 Å². The number of hydrogen-bond acceptors (Lipinski definition) is 4. The first-order valence-electron chi connectivity index (χ1n) is 7.52. The van der Waals surface area contributed by atoms with E-state index < -0.39 is 9.84 Å². The van der Waals surface area contributed by atoms with Crippen molar-refractivity contribution in [2.45, 2.75) is 39.7 Å². The van der Waals surface area contributed by atoms with Crippen LogP contribution in [0.4, 0.5) is 0 Å². The molecule has 0 spiro atoms. The van der Waals surface area contributed by atoms with Crippen LogP contribution in [-0.2, 0) is 9.84 Å². The fourth-order valence-electron chi connectivity index (χ4n) is 2.19. The molecular formula is C14H30IN3O3S. The lowest BCUT2D eigenvalue weighted by atomic mass is 9.90. The summed E-state index contributed by atoms with van der Waals surface area (Å²) in [5.41, 5.74) is -0.165. The molecule has 0 radical (unpaired) electrons. The van der Waals surface area contributed by atoms with Crippen LogP contribution in [0.5, 0.6) is 0 Å². The highest BCUT2D eigenvalue weighted by atomic mass is 127. The zero-order valence-corrected chi connectivity index (χ0v) is 17.1. The molecule has 0 aromatic rings. The number of rotatable bonds is 6. The van der Waals surface area contributed by atoms with E-state index in [1.807, 2.05) is 20.8 Å². The summed E-state index contributed by atoms with van der Waals surface area (Å²) in [7, 11) is -2.94. The molecule has 0 amide bonds. The lowest BCUT2D eigenvalue weighted by molar-refractivity contribution is 0.187. The van der Waals surface area contributed by atoms with Crippen molar-refractivity contribution in [3.05, 3.63) is 0 Å². The first-order valence-corrected chi connectivity index (χ1v) is 9.58. The molecule has 0 bridgehead atoms. The third-order valence-corrected chi connectivity index (χ3v) is 4.55. The fourth-order valence-corrected chi connectivity index (χ4v) is 3.11. The molecule has 1 heterocycles. The molecule has 1 fully saturated rings. The highest BCUT2D eigenvalue weighted by molar-refractivity contribution is 14.0. The molecule has 0 aromatic heterocycles. The van der Waals surface area contributed by atoms with Gasteiger partial charge in [-0.3, -0.25) is 4.99 Å². The number of sulfone groups is 1. The van der Waals surface area contributed by atoms with E-state index in [0.29, 0.717) is 19.5 Å². The van der Waals surface area contributed by atoms with Gasteiger partial charge in [-0.05, 0) is 25.2 Å². The maximum absolute atomic E-state index is 11.3. The molecule has 8 heteroatoms. The van der Waals surface area contributed by atoms with Crippen LogP contribution in [0, 0.1) is 5.41 Å². The maximum Gasteiger partial charge on any atom is 0.194 e. The summed E-state index contributed by atoms with van der Waals surface area (Å²) in [6.07, 6.45) is 2.34. The van der Waals surface area contributed by atoms with Gasteiger partial charge in [-0.15, -0.1) is 24.0 Å². The normalized spacial score (nSPS) is 20.0. The average molecular weight is 447 g/mol. The Bertz CT molecular complexity index is 466. The molecule has 2 N–H and O–H groups in total. The molecule has 0 unspecified atom stereocenters. The Morgan fingerprint density at radius 2 is 2.09 bits per heavy atom. The van der Waals surface area contributed by atoms with Crippen LogP contribution in [0.15, 0.2) is 4.99 Å².